The van der Waals surface area contributed by atoms with Crippen LogP contribution in [0.2, 0.25) is 0 Å². The Morgan fingerprint density at radius 3 is 2.50 bits per heavy atom. The monoisotopic (exact) mass is 323 g/mol. The predicted octanol–water partition coefficient (Wildman–Crippen LogP) is 4.26. The smallest absolute Gasteiger partial charge is 0.246 e. The highest BCUT2D eigenvalue weighted by Gasteiger charge is 2.51. The van der Waals surface area contributed by atoms with Gasteiger partial charge in [-0.2, -0.15) is 0 Å². The lowest BCUT2D eigenvalue weighted by Crippen LogP contribution is -2.49. The van der Waals surface area contributed by atoms with Crippen LogP contribution in [0.1, 0.15) is 58.3 Å². The lowest BCUT2D eigenvalue weighted by Gasteiger charge is -2.54. The van der Waals surface area contributed by atoms with E-state index in [0.29, 0.717) is 0 Å². The third-order valence-electron chi connectivity index (χ3n) is 5.94. The van der Waals surface area contributed by atoms with Crippen LogP contribution in [0, 0.1) is 17.8 Å². The number of nitrogens with zero attached hydrogens (tertiary/aromatic N) is 1. The van der Waals surface area contributed by atoms with E-state index in [-0.39, 0.29) is 11.6 Å². The van der Waals surface area contributed by atoms with Gasteiger partial charge in [0.05, 0.1) is 12.1 Å². The summed E-state index contributed by atoms with van der Waals surface area (Å²) in [6.45, 7) is 3.79. The number of thioether (sulfide) groups is 1. The maximum atomic E-state index is 6.07. The van der Waals surface area contributed by atoms with Gasteiger partial charge in [-0.1, -0.05) is 25.1 Å². The summed E-state index contributed by atoms with van der Waals surface area (Å²) < 4.78 is 11.8. The van der Waals surface area contributed by atoms with Crippen molar-refractivity contribution in [2.75, 3.05) is 19.0 Å². The van der Waals surface area contributed by atoms with E-state index in [9.17, 15) is 0 Å². The van der Waals surface area contributed by atoms with E-state index in [1.54, 1.807) is 0 Å². The van der Waals surface area contributed by atoms with Crippen molar-refractivity contribution in [1.82, 2.24) is 0 Å². The number of unbranched alkanes of at least 4 members (excludes halogenated alkanes) is 1. The van der Waals surface area contributed by atoms with Crippen molar-refractivity contribution >= 4 is 17.0 Å². The first-order valence-electron chi connectivity index (χ1n) is 9.22. The molecule has 4 heteroatoms. The third-order valence-corrected chi connectivity index (χ3v) is 6.91. The molecule has 1 heterocycles. The summed E-state index contributed by atoms with van der Waals surface area (Å²) in [5, 5.41) is 0.964. The fourth-order valence-corrected chi connectivity index (χ4v) is 6.33. The highest BCUT2D eigenvalue weighted by molar-refractivity contribution is 8.13. The van der Waals surface area contributed by atoms with Crippen molar-refractivity contribution < 1.29 is 9.47 Å². The van der Waals surface area contributed by atoms with E-state index in [0.717, 1.165) is 48.4 Å². The molecule has 0 amide bonds. The van der Waals surface area contributed by atoms with Crippen molar-refractivity contribution in [3.8, 4) is 0 Å². The molecule has 3 nitrogen and oxygen atoms in total. The average molecular weight is 324 g/mol. The fraction of sp³-hybridized carbons (Fsp3) is 0.944. The Balaban J connectivity index is 1.34. The Bertz CT molecular complexity index is 402. The second-order valence-corrected chi connectivity index (χ2v) is 8.97. The summed E-state index contributed by atoms with van der Waals surface area (Å²) in [5.41, 5.74) is 0.245. The molecule has 1 atom stereocenters. The molecule has 0 aromatic heterocycles. The van der Waals surface area contributed by atoms with Gasteiger partial charge in [-0.25, -0.2) is 4.99 Å². The van der Waals surface area contributed by atoms with Gasteiger partial charge in [-0.15, -0.1) is 0 Å². The average Bonchev–Trinajstić information content (AvgIpc) is 2.89. The molecule has 4 aliphatic carbocycles. The summed E-state index contributed by atoms with van der Waals surface area (Å²) in [4.78, 5) is 5.16. The molecular formula is C18H29NO2S. The zero-order valence-corrected chi connectivity index (χ0v) is 14.6. The molecule has 5 fully saturated rings. The second-order valence-electron chi connectivity index (χ2n) is 8.00. The fourth-order valence-electron chi connectivity index (χ4n) is 5.37. The third kappa shape index (κ3) is 3.19. The Hall–Kier alpha value is -0.220. The summed E-state index contributed by atoms with van der Waals surface area (Å²) in [5.74, 6) is 3.87. The van der Waals surface area contributed by atoms with Gasteiger partial charge < -0.3 is 9.47 Å². The molecule has 4 saturated carbocycles. The molecule has 0 radical (unpaired) electrons. The number of hydrogen-bond donors (Lipinski definition) is 0. The first-order chi connectivity index (χ1) is 10.7. The van der Waals surface area contributed by atoms with E-state index >= 15 is 0 Å². The van der Waals surface area contributed by atoms with Gasteiger partial charge in [0, 0.05) is 12.4 Å². The van der Waals surface area contributed by atoms with Gasteiger partial charge in [0.2, 0.25) is 5.23 Å². The first kappa shape index (κ1) is 15.3. The molecule has 1 aliphatic heterocycles. The van der Waals surface area contributed by atoms with Crippen LogP contribution >= 0.6 is 11.8 Å². The van der Waals surface area contributed by atoms with Crippen LogP contribution in [0.25, 0.3) is 0 Å². The van der Waals surface area contributed by atoms with Gasteiger partial charge in [0.25, 0.3) is 0 Å². The maximum absolute atomic E-state index is 6.07. The van der Waals surface area contributed by atoms with E-state index in [2.05, 4.69) is 6.92 Å². The van der Waals surface area contributed by atoms with Crippen LogP contribution in [0.3, 0.4) is 0 Å². The van der Waals surface area contributed by atoms with Crippen LogP contribution in [-0.4, -0.2) is 35.8 Å². The molecule has 4 bridgehead atoms. The number of rotatable bonds is 6. The van der Waals surface area contributed by atoms with Gasteiger partial charge in [0.1, 0.15) is 6.10 Å². The molecule has 1 saturated heterocycles. The SMILES string of the molecule is CCCCOCC1CSC(=NC23CC4CC(CC(C4)C2)C3)O1. The predicted molar refractivity (Wildman–Crippen MR) is 91.4 cm³/mol. The van der Waals surface area contributed by atoms with Crippen LogP contribution in [-0.2, 0) is 9.47 Å². The Morgan fingerprint density at radius 1 is 1.18 bits per heavy atom. The molecule has 0 aromatic rings. The van der Waals surface area contributed by atoms with E-state index in [1.165, 1.54) is 44.9 Å². The summed E-state index contributed by atoms with van der Waals surface area (Å²) in [6.07, 6.45) is 11.0. The van der Waals surface area contributed by atoms with Crippen LogP contribution in [0.4, 0.5) is 0 Å². The summed E-state index contributed by atoms with van der Waals surface area (Å²) >= 11 is 1.81. The number of aliphatic imine (C=N–C) groups is 1. The normalized spacial score (nSPS) is 44.7. The minimum Gasteiger partial charge on any atom is -0.466 e. The van der Waals surface area contributed by atoms with E-state index in [1.807, 2.05) is 11.8 Å². The van der Waals surface area contributed by atoms with Gasteiger partial charge in [0.15, 0.2) is 0 Å². The largest absolute Gasteiger partial charge is 0.466 e. The van der Waals surface area contributed by atoms with Crippen molar-refractivity contribution in [1.29, 1.82) is 0 Å². The van der Waals surface area contributed by atoms with E-state index < -0.39 is 0 Å². The van der Waals surface area contributed by atoms with E-state index in [4.69, 9.17) is 14.5 Å². The lowest BCUT2D eigenvalue weighted by molar-refractivity contribution is -0.000191. The van der Waals surface area contributed by atoms with Crippen molar-refractivity contribution in [2.45, 2.75) is 69.9 Å². The molecule has 0 N–H and O–H groups in total. The Kier molecular flexibility index (Phi) is 4.42. The number of hydrogen-bond acceptors (Lipinski definition) is 4. The molecule has 124 valence electrons. The maximum Gasteiger partial charge on any atom is 0.246 e. The minimum absolute atomic E-state index is 0.217. The first-order valence-corrected chi connectivity index (χ1v) is 10.2. The molecule has 1 unspecified atom stereocenters. The van der Waals surface area contributed by atoms with Gasteiger partial charge in [-0.05, 0) is 62.7 Å². The van der Waals surface area contributed by atoms with Crippen LogP contribution in [0.5, 0.6) is 0 Å². The van der Waals surface area contributed by atoms with Crippen LogP contribution < -0.4 is 0 Å². The Morgan fingerprint density at radius 2 is 1.86 bits per heavy atom. The zero-order chi connectivity index (χ0) is 15.0. The minimum atomic E-state index is 0.217. The van der Waals surface area contributed by atoms with Crippen molar-refractivity contribution in [3.05, 3.63) is 0 Å². The highest BCUT2D eigenvalue weighted by atomic mass is 32.2. The topological polar surface area (TPSA) is 30.8 Å². The zero-order valence-electron chi connectivity index (χ0n) is 13.8. The Labute approximate surface area is 138 Å². The van der Waals surface area contributed by atoms with Crippen molar-refractivity contribution in [2.24, 2.45) is 22.7 Å². The van der Waals surface area contributed by atoms with Crippen LogP contribution in [0.15, 0.2) is 4.99 Å². The van der Waals surface area contributed by atoms with Crippen molar-refractivity contribution in [3.63, 3.8) is 0 Å². The standard InChI is InChI=1S/C18H29NO2S/c1-2-3-4-20-11-16-12-22-17(21-16)19-18-8-13-5-14(9-18)7-15(6-13)10-18/h13-16H,2-12H2,1H3. The molecule has 0 aromatic carbocycles. The highest BCUT2D eigenvalue weighted by Crippen LogP contribution is 2.57. The lowest BCUT2D eigenvalue weighted by atomic mass is 9.53. The molecule has 5 rings (SSSR count). The molecular weight excluding hydrogens is 294 g/mol. The summed E-state index contributed by atoms with van der Waals surface area (Å²) in [7, 11) is 0. The van der Waals surface area contributed by atoms with Gasteiger partial charge >= 0.3 is 0 Å². The molecule has 22 heavy (non-hydrogen) atoms. The van der Waals surface area contributed by atoms with Gasteiger partial charge in [-0.3, -0.25) is 0 Å². The second kappa shape index (κ2) is 6.35. The molecule has 5 aliphatic rings. The number of ether oxygens (including phenoxy) is 2. The quantitative estimate of drug-likeness (QED) is 0.684. The summed E-state index contributed by atoms with van der Waals surface area (Å²) in [6, 6.07) is 0. The molecule has 0 spiro atoms.